The van der Waals surface area contributed by atoms with E-state index in [9.17, 15) is 4.79 Å². The topological polar surface area (TPSA) is 57.8 Å². The smallest absolute Gasteiger partial charge is 0.258 e. The molecule has 1 amide bonds. The van der Waals surface area contributed by atoms with E-state index in [4.69, 9.17) is 0 Å². The predicted octanol–water partition coefficient (Wildman–Crippen LogP) is 3.75. The van der Waals surface area contributed by atoms with Gasteiger partial charge in [-0.2, -0.15) is 5.10 Å². The number of hydrogen-bond donors (Lipinski definition) is 2. The molecule has 1 heterocycles. The maximum absolute atomic E-state index is 12.0. The number of carbonyl (C=O) groups is 1. The number of aromatic nitrogens is 2. The molecule has 0 atom stereocenters. The third-order valence-corrected chi connectivity index (χ3v) is 3.58. The van der Waals surface area contributed by atoms with Crippen LogP contribution in [-0.4, -0.2) is 16.1 Å². The Balaban J connectivity index is 2.16. The van der Waals surface area contributed by atoms with Crippen molar-refractivity contribution in [2.75, 3.05) is 5.32 Å². The first-order chi connectivity index (χ1) is 8.60. The van der Waals surface area contributed by atoms with Gasteiger partial charge in [0.05, 0.1) is 5.56 Å². The van der Waals surface area contributed by atoms with E-state index in [-0.39, 0.29) is 5.91 Å². The minimum Gasteiger partial charge on any atom is -0.305 e. The Bertz CT molecular complexity index is 580. The third kappa shape index (κ3) is 3.00. The van der Waals surface area contributed by atoms with Gasteiger partial charge in [0.1, 0.15) is 0 Å². The van der Waals surface area contributed by atoms with Gasteiger partial charge in [0, 0.05) is 20.7 Å². The quantitative estimate of drug-likeness (QED) is 0.861. The van der Waals surface area contributed by atoms with Gasteiger partial charge >= 0.3 is 0 Å². The first kappa shape index (κ1) is 13.3. The lowest BCUT2D eigenvalue weighted by Gasteiger charge is -2.04. The second kappa shape index (κ2) is 5.67. The van der Waals surface area contributed by atoms with Crippen LogP contribution in [0, 0.1) is 0 Å². The molecule has 94 valence electrons. The Morgan fingerprint density at radius 3 is 2.78 bits per heavy atom. The molecule has 0 saturated heterocycles. The van der Waals surface area contributed by atoms with Crippen LogP contribution in [0.1, 0.15) is 23.0 Å². The van der Waals surface area contributed by atoms with Crippen LogP contribution in [0.2, 0.25) is 0 Å². The number of nitrogens with zero attached hydrogens (tertiary/aromatic N) is 1. The van der Waals surface area contributed by atoms with Crippen molar-refractivity contribution < 1.29 is 4.79 Å². The van der Waals surface area contributed by atoms with Crippen molar-refractivity contribution >= 4 is 43.6 Å². The number of H-pyrrole nitrogens is 1. The van der Waals surface area contributed by atoms with Gasteiger partial charge in [-0.3, -0.25) is 9.89 Å². The molecule has 0 fully saturated rings. The summed E-state index contributed by atoms with van der Waals surface area (Å²) in [5.74, 6) is 0.343. The van der Waals surface area contributed by atoms with Gasteiger partial charge in [-0.25, -0.2) is 0 Å². The number of hydrogen-bond acceptors (Lipinski definition) is 2. The molecule has 0 aliphatic carbocycles. The van der Waals surface area contributed by atoms with E-state index in [0.29, 0.717) is 11.4 Å². The average Bonchev–Trinajstić information content (AvgIpc) is 2.76. The van der Waals surface area contributed by atoms with E-state index >= 15 is 0 Å². The zero-order valence-electron chi connectivity index (χ0n) is 9.63. The van der Waals surface area contributed by atoms with Crippen LogP contribution in [0.15, 0.2) is 33.2 Å². The monoisotopic (exact) mass is 371 g/mol. The van der Waals surface area contributed by atoms with E-state index in [1.165, 1.54) is 0 Å². The molecule has 4 nitrogen and oxygen atoms in total. The summed E-state index contributed by atoms with van der Waals surface area (Å²) in [6.45, 7) is 2.02. The molecule has 0 bridgehead atoms. The predicted molar refractivity (Wildman–Crippen MR) is 77.8 cm³/mol. The van der Waals surface area contributed by atoms with Crippen molar-refractivity contribution in [2.45, 2.75) is 13.3 Å². The minimum atomic E-state index is -0.191. The van der Waals surface area contributed by atoms with Gasteiger partial charge in [-0.15, -0.1) is 0 Å². The molecule has 1 aromatic heterocycles. The number of amides is 1. The third-order valence-electron chi connectivity index (χ3n) is 2.43. The van der Waals surface area contributed by atoms with Crippen molar-refractivity contribution in [3.63, 3.8) is 0 Å². The Hall–Kier alpha value is -1.14. The fourth-order valence-corrected chi connectivity index (χ4v) is 2.69. The molecular weight excluding hydrogens is 362 g/mol. The fraction of sp³-hybridized carbons (Fsp3) is 0.167. The molecule has 0 radical (unpaired) electrons. The number of aromatic amines is 1. The Labute approximate surface area is 121 Å². The van der Waals surface area contributed by atoms with Crippen LogP contribution in [-0.2, 0) is 6.42 Å². The van der Waals surface area contributed by atoms with Gasteiger partial charge in [-0.05, 0) is 40.5 Å². The van der Waals surface area contributed by atoms with Gasteiger partial charge < -0.3 is 5.32 Å². The standard InChI is InChI=1S/C12H11Br2N3O/c1-2-8-6-11(17-16-8)15-12(18)9-4-3-7(13)5-10(9)14/h3-6H,2H2,1H3,(H2,15,16,17,18). The summed E-state index contributed by atoms with van der Waals surface area (Å²) in [5, 5.41) is 9.62. The molecular formula is C12H11Br2N3O. The highest BCUT2D eigenvalue weighted by atomic mass is 79.9. The second-order valence-electron chi connectivity index (χ2n) is 3.71. The van der Waals surface area contributed by atoms with Crippen LogP contribution in [0.3, 0.4) is 0 Å². The highest BCUT2D eigenvalue weighted by molar-refractivity contribution is 9.11. The fourth-order valence-electron chi connectivity index (χ4n) is 1.46. The van der Waals surface area contributed by atoms with Crippen LogP contribution >= 0.6 is 31.9 Å². The largest absolute Gasteiger partial charge is 0.305 e. The molecule has 2 aromatic rings. The number of nitrogens with one attached hydrogen (secondary N) is 2. The van der Waals surface area contributed by atoms with Crippen LogP contribution in [0.4, 0.5) is 5.82 Å². The summed E-state index contributed by atoms with van der Waals surface area (Å²) in [6, 6.07) is 7.22. The molecule has 6 heteroatoms. The Morgan fingerprint density at radius 1 is 1.39 bits per heavy atom. The summed E-state index contributed by atoms with van der Waals surface area (Å²) < 4.78 is 1.65. The minimum absolute atomic E-state index is 0.191. The van der Waals surface area contributed by atoms with Crippen molar-refractivity contribution in [1.82, 2.24) is 10.2 Å². The molecule has 1 aromatic carbocycles. The lowest BCUT2D eigenvalue weighted by molar-refractivity contribution is 0.102. The van der Waals surface area contributed by atoms with E-state index in [0.717, 1.165) is 21.1 Å². The van der Waals surface area contributed by atoms with Crippen LogP contribution < -0.4 is 5.32 Å². The SMILES string of the molecule is CCc1cc(NC(=O)c2ccc(Br)cc2Br)n[nH]1. The average molecular weight is 373 g/mol. The number of benzene rings is 1. The van der Waals surface area contributed by atoms with Gasteiger partial charge in [0.25, 0.3) is 5.91 Å². The van der Waals surface area contributed by atoms with Gasteiger partial charge in [0.15, 0.2) is 5.82 Å². The molecule has 2 N–H and O–H groups in total. The maximum Gasteiger partial charge on any atom is 0.258 e. The second-order valence-corrected chi connectivity index (χ2v) is 5.48. The Morgan fingerprint density at radius 2 is 2.17 bits per heavy atom. The number of rotatable bonds is 3. The molecule has 0 saturated carbocycles. The Kier molecular flexibility index (Phi) is 4.19. The first-order valence-electron chi connectivity index (χ1n) is 5.41. The summed E-state index contributed by atoms with van der Waals surface area (Å²) in [5.41, 5.74) is 1.56. The molecule has 18 heavy (non-hydrogen) atoms. The van der Waals surface area contributed by atoms with E-state index in [1.807, 2.05) is 25.1 Å². The normalized spacial score (nSPS) is 10.4. The van der Waals surface area contributed by atoms with Crippen molar-refractivity contribution in [3.05, 3.63) is 44.5 Å². The zero-order chi connectivity index (χ0) is 13.1. The van der Waals surface area contributed by atoms with Crippen molar-refractivity contribution in [3.8, 4) is 0 Å². The number of aryl methyl sites for hydroxylation is 1. The maximum atomic E-state index is 12.0. The van der Waals surface area contributed by atoms with Crippen LogP contribution in [0.25, 0.3) is 0 Å². The van der Waals surface area contributed by atoms with Gasteiger partial charge in [-0.1, -0.05) is 22.9 Å². The molecule has 0 unspecified atom stereocenters. The van der Waals surface area contributed by atoms with Crippen molar-refractivity contribution in [2.24, 2.45) is 0 Å². The lowest BCUT2D eigenvalue weighted by atomic mass is 10.2. The molecule has 0 aliphatic rings. The van der Waals surface area contributed by atoms with Crippen LogP contribution in [0.5, 0.6) is 0 Å². The zero-order valence-corrected chi connectivity index (χ0v) is 12.8. The molecule has 0 aliphatic heterocycles. The first-order valence-corrected chi connectivity index (χ1v) is 6.99. The summed E-state index contributed by atoms with van der Waals surface area (Å²) in [7, 11) is 0. The van der Waals surface area contributed by atoms with Crippen molar-refractivity contribution in [1.29, 1.82) is 0 Å². The number of carbonyl (C=O) groups excluding carboxylic acids is 1. The van der Waals surface area contributed by atoms with E-state index in [2.05, 4.69) is 47.4 Å². The highest BCUT2D eigenvalue weighted by Crippen LogP contribution is 2.22. The van der Waals surface area contributed by atoms with Gasteiger partial charge in [0.2, 0.25) is 0 Å². The summed E-state index contributed by atoms with van der Waals surface area (Å²) >= 11 is 6.71. The summed E-state index contributed by atoms with van der Waals surface area (Å²) in [6.07, 6.45) is 0.852. The molecule has 2 rings (SSSR count). The number of halogens is 2. The highest BCUT2D eigenvalue weighted by Gasteiger charge is 2.11. The van der Waals surface area contributed by atoms with E-state index in [1.54, 1.807) is 6.07 Å². The summed E-state index contributed by atoms with van der Waals surface area (Å²) in [4.78, 5) is 12.0. The van der Waals surface area contributed by atoms with E-state index < -0.39 is 0 Å². The lowest BCUT2D eigenvalue weighted by Crippen LogP contribution is -2.12. The molecule has 0 spiro atoms. The number of anilines is 1.